The molecular weight excluding hydrogens is 478 g/mol. The average Bonchev–Trinajstić information content (AvgIpc) is 2.97. The molecule has 1 aliphatic rings. The minimum atomic E-state index is -0.457. The van der Waals surface area contributed by atoms with Gasteiger partial charge in [-0.2, -0.15) is 0 Å². The molecule has 1 saturated heterocycles. The number of hydrogen-bond donors (Lipinski definition) is 1. The van der Waals surface area contributed by atoms with Gasteiger partial charge >= 0.3 is 0 Å². The molecule has 0 radical (unpaired) electrons. The summed E-state index contributed by atoms with van der Waals surface area (Å²) in [4.78, 5) is 32.3. The van der Waals surface area contributed by atoms with Gasteiger partial charge in [-0.1, -0.05) is 78.9 Å². The summed E-state index contributed by atoms with van der Waals surface area (Å²) in [5.41, 5.74) is 3.14. The number of carbonyl (C=O) groups excluding carboxylic acids is 2. The van der Waals surface area contributed by atoms with Gasteiger partial charge in [0.2, 0.25) is 5.91 Å². The first-order valence-electron chi connectivity index (χ1n) is 12.4. The second kappa shape index (κ2) is 11.8. The van der Waals surface area contributed by atoms with Crippen LogP contribution < -0.4 is 10.2 Å². The Morgan fingerprint density at radius 2 is 1.24 bits per heavy atom. The zero-order valence-electron chi connectivity index (χ0n) is 20.5. The van der Waals surface area contributed by atoms with Crippen LogP contribution in [0, 0.1) is 0 Å². The van der Waals surface area contributed by atoms with Gasteiger partial charge in [0, 0.05) is 36.8 Å². The van der Waals surface area contributed by atoms with E-state index < -0.39 is 5.25 Å². The third kappa shape index (κ3) is 6.04. The van der Waals surface area contributed by atoms with Crippen LogP contribution in [0.25, 0.3) is 0 Å². The molecular formula is C31H29N3O2S. The molecule has 4 aromatic rings. The first-order chi connectivity index (χ1) is 18.2. The fourth-order valence-corrected chi connectivity index (χ4v) is 5.54. The van der Waals surface area contributed by atoms with Crippen molar-refractivity contribution in [3.05, 3.63) is 126 Å². The molecule has 0 aliphatic carbocycles. The monoisotopic (exact) mass is 507 g/mol. The number of nitrogens with zero attached hydrogens (tertiary/aromatic N) is 2. The van der Waals surface area contributed by atoms with E-state index in [0.717, 1.165) is 23.5 Å². The van der Waals surface area contributed by atoms with Crippen LogP contribution in [-0.4, -0.2) is 42.9 Å². The first-order valence-corrected chi connectivity index (χ1v) is 13.3. The van der Waals surface area contributed by atoms with Crippen molar-refractivity contribution < 1.29 is 9.59 Å². The van der Waals surface area contributed by atoms with E-state index in [1.165, 1.54) is 17.4 Å². The standard InChI is InChI=1S/C31H29N3O2S/c35-30(29(24-12-4-1-5-13-24)37-26-16-8-3-9-17-26)32-28-19-11-10-18-27(28)31(36)34-22-20-33(21-23-34)25-14-6-2-7-15-25/h1-19,29H,20-23H2,(H,32,35). The van der Waals surface area contributed by atoms with Crippen LogP contribution >= 0.6 is 11.8 Å². The van der Waals surface area contributed by atoms with Crippen LogP contribution in [0.15, 0.2) is 120 Å². The van der Waals surface area contributed by atoms with E-state index in [2.05, 4.69) is 22.3 Å². The normalized spacial score (nSPS) is 14.2. The zero-order valence-corrected chi connectivity index (χ0v) is 21.3. The molecule has 2 amide bonds. The summed E-state index contributed by atoms with van der Waals surface area (Å²) in [5.74, 6) is -0.218. The fraction of sp³-hybridized carbons (Fsp3) is 0.161. The van der Waals surface area contributed by atoms with Crippen molar-refractivity contribution in [1.82, 2.24) is 4.90 Å². The third-order valence-corrected chi connectivity index (χ3v) is 7.71. The molecule has 0 aromatic heterocycles. The summed E-state index contributed by atoms with van der Waals surface area (Å²) in [6.45, 7) is 2.81. The third-order valence-electron chi connectivity index (χ3n) is 6.44. The maximum atomic E-state index is 13.6. The van der Waals surface area contributed by atoms with Gasteiger partial charge in [0.15, 0.2) is 0 Å². The average molecular weight is 508 g/mol. The lowest BCUT2D eigenvalue weighted by Crippen LogP contribution is -2.49. The molecule has 1 atom stereocenters. The van der Waals surface area contributed by atoms with Crippen molar-refractivity contribution in [2.75, 3.05) is 36.4 Å². The second-order valence-corrected chi connectivity index (χ2v) is 10.0. The minimum Gasteiger partial charge on any atom is -0.368 e. The van der Waals surface area contributed by atoms with Gasteiger partial charge in [0.1, 0.15) is 5.25 Å². The van der Waals surface area contributed by atoms with Gasteiger partial charge in [0.25, 0.3) is 5.91 Å². The van der Waals surface area contributed by atoms with Gasteiger partial charge in [-0.15, -0.1) is 11.8 Å². The van der Waals surface area contributed by atoms with Crippen LogP contribution in [0.4, 0.5) is 11.4 Å². The van der Waals surface area contributed by atoms with E-state index in [0.29, 0.717) is 24.3 Å². The van der Waals surface area contributed by atoms with E-state index in [-0.39, 0.29) is 11.8 Å². The highest BCUT2D eigenvalue weighted by Crippen LogP contribution is 2.36. The van der Waals surface area contributed by atoms with E-state index in [1.807, 2.05) is 95.9 Å². The molecule has 6 heteroatoms. The summed E-state index contributed by atoms with van der Waals surface area (Å²) in [7, 11) is 0. The topological polar surface area (TPSA) is 52.7 Å². The van der Waals surface area contributed by atoms with E-state index in [4.69, 9.17) is 0 Å². The molecule has 1 heterocycles. The molecule has 0 saturated carbocycles. The number of nitrogens with one attached hydrogen (secondary N) is 1. The number of hydrogen-bond acceptors (Lipinski definition) is 4. The lowest BCUT2D eigenvalue weighted by molar-refractivity contribution is -0.115. The van der Waals surface area contributed by atoms with Crippen molar-refractivity contribution in [2.45, 2.75) is 10.1 Å². The van der Waals surface area contributed by atoms with Gasteiger partial charge < -0.3 is 15.1 Å². The maximum Gasteiger partial charge on any atom is 0.256 e. The predicted molar refractivity (Wildman–Crippen MR) is 151 cm³/mol. The Morgan fingerprint density at radius 1 is 0.676 bits per heavy atom. The van der Waals surface area contributed by atoms with Crippen molar-refractivity contribution in [3.8, 4) is 0 Å². The molecule has 1 N–H and O–H groups in total. The van der Waals surface area contributed by atoms with Crippen LogP contribution in [0.2, 0.25) is 0 Å². The Labute approximate surface area is 222 Å². The highest BCUT2D eigenvalue weighted by Gasteiger charge is 2.27. The Kier molecular flexibility index (Phi) is 7.87. The summed E-state index contributed by atoms with van der Waals surface area (Å²) >= 11 is 1.50. The highest BCUT2D eigenvalue weighted by atomic mass is 32.2. The van der Waals surface area contributed by atoms with Crippen LogP contribution in [0.3, 0.4) is 0 Å². The largest absolute Gasteiger partial charge is 0.368 e. The number of amides is 2. The van der Waals surface area contributed by atoms with Crippen molar-refractivity contribution >= 4 is 35.0 Å². The number of benzene rings is 4. The van der Waals surface area contributed by atoms with Crippen molar-refractivity contribution in [1.29, 1.82) is 0 Å². The van der Waals surface area contributed by atoms with Crippen LogP contribution in [-0.2, 0) is 4.79 Å². The summed E-state index contributed by atoms with van der Waals surface area (Å²) in [5, 5.41) is 2.61. The Hall–Kier alpha value is -4.03. The zero-order chi connectivity index (χ0) is 25.5. The fourth-order valence-electron chi connectivity index (χ4n) is 4.49. The maximum absolute atomic E-state index is 13.6. The number of carbonyl (C=O) groups is 2. The molecule has 186 valence electrons. The number of anilines is 2. The van der Waals surface area contributed by atoms with Gasteiger partial charge in [-0.05, 0) is 42.0 Å². The smallest absolute Gasteiger partial charge is 0.256 e. The Bertz CT molecular complexity index is 1320. The summed E-state index contributed by atoms with van der Waals surface area (Å²) in [6.07, 6.45) is 0. The highest BCUT2D eigenvalue weighted by molar-refractivity contribution is 8.00. The SMILES string of the molecule is O=C(Nc1ccccc1C(=O)N1CCN(c2ccccc2)CC1)C(Sc1ccccc1)c1ccccc1. The number of rotatable bonds is 7. The van der Waals surface area contributed by atoms with E-state index in [1.54, 1.807) is 12.1 Å². The quantitative estimate of drug-likeness (QED) is 0.306. The molecule has 37 heavy (non-hydrogen) atoms. The Balaban J connectivity index is 1.31. The number of piperazine rings is 1. The Morgan fingerprint density at radius 3 is 1.92 bits per heavy atom. The molecule has 4 aromatic carbocycles. The lowest BCUT2D eigenvalue weighted by Gasteiger charge is -2.36. The number of para-hydroxylation sites is 2. The van der Waals surface area contributed by atoms with Crippen LogP contribution in [0.1, 0.15) is 21.2 Å². The van der Waals surface area contributed by atoms with Gasteiger partial charge in [-0.25, -0.2) is 0 Å². The summed E-state index contributed by atoms with van der Waals surface area (Å²) in [6, 6.07) is 37.2. The van der Waals surface area contributed by atoms with E-state index >= 15 is 0 Å². The second-order valence-electron chi connectivity index (χ2n) is 8.87. The summed E-state index contributed by atoms with van der Waals surface area (Å²) < 4.78 is 0. The molecule has 1 fully saturated rings. The molecule has 0 bridgehead atoms. The van der Waals surface area contributed by atoms with Gasteiger partial charge in [0.05, 0.1) is 11.3 Å². The minimum absolute atomic E-state index is 0.0596. The molecule has 1 aliphatic heterocycles. The molecule has 1 unspecified atom stereocenters. The predicted octanol–water partition coefficient (Wildman–Crippen LogP) is 6.12. The first kappa shape index (κ1) is 24.7. The van der Waals surface area contributed by atoms with Crippen LogP contribution in [0.5, 0.6) is 0 Å². The molecule has 5 rings (SSSR count). The van der Waals surface area contributed by atoms with Gasteiger partial charge in [-0.3, -0.25) is 9.59 Å². The van der Waals surface area contributed by atoms with Crippen molar-refractivity contribution in [3.63, 3.8) is 0 Å². The molecule has 5 nitrogen and oxygen atoms in total. The lowest BCUT2D eigenvalue weighted by atomic mass is 10.1. The van der Waals surface area contributed by atoms with E-state index in [9.17, 15) is 9.59 Å². The number of thioether (sulfide) groups is 1. The molecule has 0 spiro atoms. The van der Waals surface area contributed by atoms with Crippen molar-refractivity contribution in [2.24, 2.45) is 0 Å².